The summed E-state index contributed by atoms with van der Waals surface area (Å²) in [4.78, 5) is 0. The highest BCUT2D eigenvalue weighted by molar-refractivity contribution is 5.63. The van der Waals surface area contributed by atoms with Gasteiger partial charge >= 0.3 is 0 Å². The van der Waals surface area contributed by atoms with E-state index in [0.29, 0.717) is 5.69 Å². The molecule has 4 nitrogen and oxygen atoms in total. The number of nitrogens with two attached hydrogens (primary N) is 1. The fraction of sp³-hybridized carbons (Fsp3) is 0.571. The van der Waals surface area contributed by atoms with Gasteiger partial charge in [-0.3, -0.25) is 4.40 Å². The fourth-order valence-corrected chi connectivity index (χ4v) is 2.96. The van der Waals surface area contributed by atoms with Crippen LogP contribution in [-0.2, 0) is 6.42 Å². The van der Waals surface area contributed by atoms with Gasteiger partial charge in [0, 0.05) is 12.6 Å². The highest BCUT2D eigenvalue weighted by Crippen LogP contribution is 2.27. The minimum absolute atomic E-state index is 0.703. The summed E-state index contributed by atoms with van der Waals surface area (Å²) in [6.45, 7) is 0. The number of hydrogen-bond acceptors (Lipinski definition) is 3. The highest BCUT2D eigenvalue weighted by Gasteiger charge is 2.15. The van der Waals surface area contributed by atoms with Gasteiger partial charge in [-0.2, -0.15) is 0 Å². The van der Waals surface area contributed by atoms with Crippen LogP contribution in [0.1, 0.15) is 44.3 Å². The number of nitrogens with zero attached hydrogens (tertiary/aromatic N) is 3. The minimum atomic E-state index is 0.703. The molecule has 1 saturated carbocycles. The first-order valence-corrected chi connectivity index (χ1v) is 6.92. The van der Waals surface area contributed by atoms with Crippen LogP contribution in [0.15, 0.2) is 18.3 Å². The van der Waals surface area contributed by atoms with Crippen molar-refractivity contribution in [1.82, 2.24) is 14.6 Å². The SMILES string of the molecule is Nc1cccn2c(CCC3CCCCC3)nnc12. The van der Waals surface area contributed by atoms with Gasteiger partial charge in [0.1, 0.15) is 5.82 Å². The van der Waals surface area contributed by atoms with E-state index >= 15 is 0 Å². The van der Waals surface area contributed by atoms with Crippen molar-refractivity contribution in [3.8, 4) is 0 Å². The number of aryl methyl sites for hydroxylation is 1. The molecule has 2 aromatic heterocycles. The average molecular weight is 244 g/mol. The molecule has 0 aliphatic heterocycles. The predicted molar refractivity (Wildman–Crippen MR) is 72.3 cm³/mol. The standard InChI is InChI=1S/C14H20N4/c15-12-7-4-10-18-13(16-17-14(12)18)9-8-11-5-2-1-3-6-11/h4,7,10-11H,1-3,5-6,8-9,15H2. The zero-order valence-corrected chi connectivity index (χ0v) is 10.7. The van der Waals surface area contributed by atoms with Crippen LogP contribution < -0.4 is 5.73 Å². The molecular weight excluding hydrogens is 224 g/mol. The molecule has 2 heterocycles. The lowest BCUT2D eigenvalue weighted by atomic mass is 9.86. The first-order chi connectivity index (χ1) is 8.84. The molecule has 0 atom stereocenters. The van der Waals surface area contributed by atoms with Gasteiger partial charge in [0.05, 0.1) is 5.69 Å². The van der Waals surface area contributed by atoms with Crippen molar-refractivity contribution in [2.75, 3.05) is 5.73 Å². The van der Waals surface area contributed by atoms with Crippen LogP contribution in [0, 0.1) is 5.92 Å². The highest BCUT2D eigenvalue weighted by atomic mass is 15.2. The Hall–Kier alpha value is -1.58. The third kappa shape index (κ3) is 2.19. The topological polar surface area (TPSA) is 56.2 Å². The molecule has 2 aromatic rings. The molecule has 18 heavy (non-hydrogen) atoms. The number of aromatic nitrogens is 3. The molecule has 3 rings (SSSR count). The molecular formula is C14H20N4. The maximum Gasteiger partial charge on any atom is 0.183 e. The van der Waals surface area contributed by atoms with Gasteiger partial charge in [-0.15, -0.1) is 10.2 Å². The molecule has 96 valence electrons. The van der Waals surface area contributed by atoms with Crippen molar-refractivity contribution >= 4 is 11.3 Å². The van der Waals surface area contributed by atoms with Crippen molar-refractivity contribution in [2.45, 2.75) is 44.9 Å². The van der Waals surface area contributed by atoms with E-state index < -0.39 is 0 Å². The van der Waals surface area contributed by atoms with E-state index in [1.165, 1.54) is 38.5 Å². The van der Waals surface area contributed by atoms with Crippen LogP contribution in [0.3, 0.4) is 0 Å². The molecule has 0 radical (unpaired) electrons. The van der Waals surface area contributed by atoms with E-state index in [2.05, 4.69) is 10.2 Å². The van der Waals surface area contributed by atoms with Crippen LogP contribution in [-0.4, -0.2) is 14.6 Å². The summed E-state index contributed by atoms with van der Waals surface area (Å²) < 4.78 is 2.03. The van der Waals surface area contributed by atoms with Gasteiger partial charge in [0.25, 0.3) is 0 Å². The lowest BCUT2D eigenvalue weighted by Gasteiger charge is -2.20. The van der Waals surface area contributed by atoms with E-state index in [1.54, 1.807) is 0 Å². The number of rotatable bonds is 3. The Morgan fingerprint density at radius 3 is 2.89 bits per heavy atom. The second-order valence-electron chi connectivity index (χ2n) is 5.32. The van der Waals surface area contributed by atoms with Gasteiger partial charge in [0.2, 0.25) is 0 Å². The quantitative estimate of drug-likeness (QED) is 0.903. The lowest BCUT2D eigenvalue weighted by Crippen LogP contribution is -2.08. The van der Waals surface area contributed by atoms with E-state index in [1.807, 2.05) is 22.7 Å². The van der Waals surface area contributed by atoms with Gasteiger partial charge in [-0.25, -0.2) is 0 Å². The second kappa shape index (κ2) is 4.96. The summed E-state index contributed by atoms with van der Waals surface area (Å²) >= 11 is 0. The molecule has 4 heteroatoms. The molecule has 1 aliphatic rings. The average Bonchev–Trinajstić information content (AvgIpc) is 2.82. The van der Waals surface area contributed by atoms with Gasteiger partial charge in [-0.1, -0.05) is 32.1 Å². The summed E-state index contributed by atoms with van der Waals surface area (Å²) in [7, 11) is 0. The van der Waals surface area contributed by atoms with E-state index in [0.717, 1.165) is 23.8 Å². The number of anilines is 1. The fourth-order valence-electron chi connectivity index (χ4n) is 2.96. The number of hydrogen-bond donors (Lipinski definition) is 1. The third-order valence-corrected chi connectivity index (χ3v) is 4.04. The van der Waals surface area contributed by atoms with Gasteiger partial charge < -0.3 is 5.73 Å². The zero-order chi connectivity index (χ0) is 12.4. The molecule has 0 aromatic carbocycles. The van der Waals surface area contributed by atoms with Crippen molar-refractivity contribution in [1.29, 1.82) is 0 Å². The number of nitrogen functional groups attached to an aromatic ring is 1. The Morgan fingerprint density at radius 2 is 2.06 bits per heavy atom. The monoisotopic (exact) mass is 244 g/mol. The molecule has 0 unspecified atom stereocenters. The van der Waals surface area contributed by atoms with Crippen molar-refractivity contribution in [2.24, 2.45) is 5.92 Å². The van der Waals surface area contributed by atoms with Crippen LogP contribution in [0.2, 0.25) is 0 Å². The van der Waals surface area contributed by atoms with Crippen LogP contribution >= 0.6 is 0 Å². The summed E-state index contributed by atoms with van der Waals surface area (Å²) in [6, 6.07) is 3.82. The Labute approximate surface area is 107 Å². The maximum absolute atomic E-state index is 5.89. The summed E-state index contributed by atoms with van der Waals surface area (Å²) in [6.07, 6.45) is 11.2. The number of fused-ring (bicyclic) bond motifs is 1. The van der Waals surface area contributed by atoms with Crippen LogP contribution in [0.25, 0.3) is 5.65 Å². The Bertz CT molecular complexity index is 526. The largest absolute Gasteiger partial charge is 0.396 e. The second-order valence-corrected chi connectivity index (χ2v) is 5.32. The molecule has 1 aliphatic carbocycles. The normalized spacial score (nSPS) is 17.3. The number of pyridine rings is 1. The third-order valence-electron chi connectivity index (χ3n) is 4.04. The molecule has 0 spiro atoms. The Balaban J connectivity index is 1.72. The van der Waals surface area contributed by atoms with Crippen molar-refractivity contribution in [3.05, 3.63) is 24.2 Å². The Kier molecular flexibility index (Phi) is 3.17. The molecule has 0 amide bonds. The van der Waals surface area contributed by atoms with Gasteiger partial charge in [-0.05, 0) is 24.5 Å². The van der Waals surface area contributed by atoms with Crippen LogP contribution in [0.4, 0.5) is 5.69 Å². The predicted octanol–water partition coefficient (Wildman–Crippen LogP) is 2.82. The molecule has 0 bridgehead atoms. The minimum Gasteiger partial charge on any atom is -0.396 e. The maximum atomic E-state index is 5.89. The summed E-state index contributed by atoms with van der Waals surface area (Å²) in [5.41, 5.74) is 7.38. The first-order valence-electron chi connectivity index (χ1n) is 6.92. The summed E-state index contributed by atoms with van der Waals surface area (Å²) in [5, 5.41) is 8.44. The van der Waals surface area contributed by atoms with Crippen LogP contribution in [0.5, 0.6) is 0 Å². The lowest BCUT2D eigenvalue weighted by molar-refractivity contribution is 0.337. The Morgan fingerprint density at radius 1 is 1.22 bits per heavy atom. The molecule has 0 saturated heterocycles. The van der Waals surface area contributed by atoms with E-state index in [9.17, 15) is 0 Å². The van der Waals surface area contributed by atoms with E-state index in [-0.39, 0.29) is 0 Å². The van der Waals surface area contributed by atoms with Gasteiger partial charge in [0.15, 0.2) is 5.65 Å². The van der Waals surface area contributed by atoms with Crippen molar-refractivity contribution < 1.29 is 0 Å². The molecule has 2 N–H and O–H groups in total. The summed E-state index contributed by atoms with van der Waals surface area (Å²) in [5.74, 6) is 1.93. The zero-order valence-electron chi connectivity index (χ0n) is 10.7. The van der Waals surface area contributed by atoms with Crippen molar-refractivity contribution in [3.63, 3.8) is 0 Å². The first kappa shape index (κ1) is 11.5. The van der Waals surface area contributed by atoms with E-state index in [4.69, 9.17) is 5.73 Å². The molecule has 1 fully saturated rings. The smallest absolute Gasteiger partial charge is 0.183 e.